The van der Waals surface area contributed by atoms with Crippen LogP contribution in [-0.2, 0) is 25.6 Å². The molecule has 0 unspecified atom stereocenters. The number of aryl methyl sites for hydroxylation is 1. The van der Waals surface area contributed by atoms with Gasteiger partial charge in [0.15, 0.2) is 11.6 Å². The minimum Gasteiger partial charge on any atom is -0.507 e. The molecule has 3 aliphatic carbocycles. The molecule has 6 rings (SSSR count). The van der Waals surface area contributed by atoms with Crippen molar-refractivity contribution in [3.63, 3.8) is 0 Å². The maximum absolute atomic E-state index is 14.0. The third kappa shape index (κ3) is 3.63. The van der Waals surface area contributed by atoms with Gasteiger partial charge in [-0.3, -0.25) is 24.1 Å². The lowest BCUT2D eigenvalue weighted by Gasteiger charge is -2.42. The van der Waals surface area contributed by atoms with Crippen molar-refractivity contribution in [3.8, 4) is 11.5 Å². The van der Waals surface area contributed by atoms with E-state index >= 15 is 0 Å². The Labute approximate surface area is 226 Å². The minimum atomic E-state index is -0.766. The van der Waals surface area contributed by atoms with E-state index in [0.717, 1.165) is 17.6 Å². The van der Waals surface area contributed by atoms with Gasteiger partial charge in [0.25, 0.3) is 0 Å². The highest BCUT2D eigenvalue weighted by atomic mass is 16.5. The highest BCUT2D eigenvalue weighted by Crippen LogP contribution is 2.57. The van der Waals surface area contributed by atoms with Gasteiger partial charge in [-0.1, -0.05) is 36.8 Å². The summed E-state index contributed by atoms with van der Waals surface area (Å²) in [5.74, 6) is -3.22. The van der Waals surface area contributed by atoms with Crippen LogP contribution < -0.4 is 9.64 Å². The molecular formula is C32H29NO6. The number of carbonyl (C=O) groups excluding carboxylic acids is 4. The smallest absolute Gasteiger partial charge is 0.238 e. The molecule has 2 aromatic carbocycles. The van der Waals surface area contributed by atoms with E-state index in [-0.39, 0.29) is 35.6 Å². The van der Waals surface area contributed by atoms with Gasteiger partial charge >= 0.3 is 0 Å². The minimum absolute atomic E-state index is 0.0622. The molecule has 0 spiro atoms. The second-order valence-corrected chi connectivity index (χ2v) is 10.7. The van der Waals surface area contributed by atoms with Gasteiger partial charge in [-0.25, -0.2) is 0 Å². The second-order valence-electron chi connectivity index (χ2n) is 10.7. The van der Waals surface area contributed by atoms with Crippen LogP contribution in [0, 0.1) is 17.8 Å². The molecule has 7 heteroatoms. The van der Waals surface area contributed by atoms with E-state index in [1.165, 1.54) is 24.2 Å². The fraction of sp³-hybridized carbons (Fsp3) is 0.312. The number of anilines is 1. The highest BCUT2D eigenvalue weighted by Gasteiger charge is 2.57. The van der Waals surface area contributed by atoms with Gasteiger partial charge in [-0.05, 0) is 68.0 Å². The van der Waals surface area contributed by atoms with Crippen molar-refractivity contribution in [2.45, 2.75) is 39.0 Å². The molecule has 4 atom stereocenters. The molecule has 2 amide bonds. The summed E-state index contributed by atoms with van der Waals surface area (Å²) in [7, 11) is 1.48. The van der Waals surface area contributed by atoms with Crippen LogP contribution in [0.4, 0.5) is 5.69 Å². The number of nitrogens with zero attached hydrogens (tertiary/aromatic N) is 1. The molecule has 2 aromatic rings. The van der Waals surface area contributed by atoms with Crippen molar-refractivity contribution in [2.24, 2.45) is 17.8 Å². The number of amides is 2. The molecule has 0 saturated carbocycles. The lowest BCUT2D eigenvalue weighted by molar-refractivity contribution is -0.123. The van der Waals surface area contributed by atoms with Crippen LogP contribution in [0.1, 0.15) is 43.7 Å². The zero-order valence-corrected chi connectivity index (χ0v) is 22.1. The molecule has 39 heavy (non-hydrogen) atoms. The van der Waals surface area contributed by atoms with Crippen LogP contribution in [0.15, 0.2) is 76.9 Å². The largest absolute Gasteiger partial charge is 0.507 e. The van der Waals surface area contributed by atoms with Crippen molar-refractivity contribution < 1.29 is 29.0 Å². The molecule has 1 aliphatic heterocycles. The Bertz CT molecular complexity index is 1540. The van der Waals surface area contributed by atoms with Crippen LogP contribution in [-0.4, -0.2) is 35.6 Å². The molecule has 4 aliphatic rings. The van der Waals surface area contributed by atoms with Crippen molar-refractivity contribution in [1.29, 1.82) is 0 Å². The van der Waals surface area contributed by atoms with Gasteiger partial charge in [0.05, 0.1) is 24.6 Å². The third-order valence-corrected chi connectivity index (χ3v) is 8.72. The number of allylic oxidation sites excluding steroid dienone is 6. The molecule has 0 bridgehead atoms. The Morgan fingerprint density at radius 3 is 2.44 bits per heavy atom. The standard InChI is InChI=1S/C32H29NO6/c1-4-17-8-10-18(11-9-17)33-31(37)20-13-12-19-21(26(20)32(33)38)15-22-27(24(35)14-16(2)30(22)36)28(19)29-23(34)6-5-7-25(29)39-3/h5-12,14,20-21,26,28,34H,4,13,15H2,1-3H3/t20-,21+,26-,28-/m0/s1. The lowest BCUT2D eigenvalue weighted by atomic mass is 9.59. The lowest BCUT2D eigenvalue weighted by Crippen LogP contribution is -2.40. The summed E-state index contributed by atoms with van der Waals surface area (Å²) in [6.07, 6.45) is 4.64. The number of phenols is 1. The Morgan fingerprint density at radius 2 is 1.74 bits per heavy atom. The van der Waals surface area contributed by atoms with Crippen molar-refractivity contribution in [2.75, 3.05) is 12.0 Å². The maximum atomic E-state index is 14.0. The van der Waals surface area contributed by atoms with E-state index < -0.39 is 23.7 Å². The predicted molar refractivity (Wildman–Crippen MR) is 144 cm³/mol. The van der Waals surface area contributed by atoms with Crippen LogP contribution in [0.25, 0.3) is 0 Å². The van der Waals surface area contributed by atoms with E-state index in [9.17, 15) is 24.3 Å². The highest BCUT2D eigenvalue weighted by molar-refractivity contribution is 6.25. The molecule has 1 saturated heterocycles. The summed E-state index contributed by atoms with van der Waals surface area (Å²) in [4.78, 5) is 55.7. The zero-order chi connectivity index (χ0) is 27.6. The van der Waals surface area contributed by atoms with Gasteiger partial charge in [-0.2, -0.15) is 0 Å². The number of methoxy groups -OCH3 is 1. The van der Waals surface area contributed by atoms with Crippen molar-refractivity contribution >= 4 is 29.1 Å². The summed E-state index contributed by atoms with van der Waals surface area (Å²) in [5, 5.41) is 11.0. The number of carbonyl (C=O) groups is 4. The first-order valence-electron chi connectivity index (χ1n) is 13.3. The Balaban J connectivity index is 1.50. The third-order valence-electron chi connectivity index (χ3n) is 8.72. The fourth-order valence-electron chi connectivity index (χ4n) is 6.85. The van der Waals surface area contributed by atoms with Crippen molar-refractivity contribution in [3.05, 3.63) is 88.0 Å². The first kappa shape index (κ1) is 25.0. The number of ketones is 2. The number of fused-ring (bicyclic) bond motifs is 3. The van der Waals surface area contributed by atoms with E-state index in [2.05, 4.69) is 0 Å². The number of rotatable bonds is 4. The number of hydrogen-bond donors (Lipinski definition) is 1. The quantitative estimate of drug-likeness (QED) is 0.357. The average Bonchev–Trinajstić information content (AvgIpc) is 3.20. The molecule has 7 nitrogen and oxygen atoms in total. The number of imide groups is 1. The predicted octanol–water partition coefficient (Wildman–Crippen LogP) is 4.60. The maximum Gasteiger partial charge on any atom is 0.238 e. The molecule has 1 heterocycles. The summed E-state index contributed by atoms with van der Waals surface area (Å²) >= 11 is 0. The van der Waals surface area contributed by atoms with E-state index in [1.807, 2.05) is 25.1 Å². The molecular weight excluding hydrogens is 494 g/mol. The number of Topliss-reactive ketones (excluding diaryl/α,β-unsaturated/α-hetero) is 1. The first-order chi connectivity index (χ1) is 18.8. The van der Waals surface area contributed by atoms with Crippen LogP contribution >= 0.6 is 0 Å². The van der Waals surface area contributed by atoms with Gasteiger partial charge in [0.2, 0.25) is 11.8 Å². The summed E-state index contributed by atoms with van der Waals surface area (Å²) in [5.41, 5.74) is 3.81. The average molecular weight is 524 g/mol. The van der Waals surface area contributed by atoms with Gasteiger partial charge < -0.3 is 9.84 Å². The molecule has 1 fully saturated rings. The van der Waals surface area contributed by atoms with Crippen LogP contribution in [0.3, 0.4) is 0 Å². The summed E-state index contributed by atoms with van der Waals surface area (Å²) in [6, 6.07) is 12.3. The van der Waals surface area contributed by atoms with E-state index in [0.29, 0.717) is 40.1 Å². The monoisotopic (exact) mass is 523 g/mol. The van der Waals surface area contributed by atoms with Gasteiger partial charge in [-0.15, -0.1) is 0 Å². The second kappa shape index (κ2) is 9.19. The Morgan fingerprint density at radius 1 is 1.00 bits per heavy atom. The topological polar surface area (TPSA) is 101 Å². The number of aromatic hydroxyl groups is 1. The fourth-order valence-corrected chi connectivity index (χ4v) is 6.85. The summed E-state index contributed by atoms with van der Waals surface area (Å²) < 4.78 is 5.59. The zero-order valence-electron chi connectivity index (χ0n) is 22.1. The Kier molecular flexibility index (Phi) is 5.90. The number of benzene rings is 2. The van der Waals surface area contributed by atoms with Gasteiger partial charge in [0.1, 0.15) is 11.5 Å². The first-order valence-corrected chi connectivity index (χ1v) is 13.3. The Hall–Kier alpha value is -4.26. The van der Waals surface area contributed by atoms with Gasteiger partial charge in [0, 0.05) is 28.2 Å². The molecule has 0 radical (unpaired) electrons. The van der Waals surface area contributed by atoms with E-state index in [1.54, 1.807) is 31.2 Å². The number of hydrogen-bond acceptors (Lipinski definition) is 6. The van der Waals surface area contributed by atoms with Crippen LogP contribution in [0.5, 0.6) is 11.5 Å². The summed E-state index contributed by atoms with van der Waals surface area (Å²) in [6.45, 7) is 3.65. The molecule has 198 valence electrons. The molecule has 0 aromatic heterocycles. The van der Waals surface area contributed by atoms with Crippen molar-refractivity contribution in [1.82, 2.24) is 0 Å². The molecule has 1 N–H and O–H groups in total. The van der Waals surface area contributed by atoms with Crippen LogP contribution in [0.2, 0.25) is 0 Å². The van der Waals surface area contributed by atoms with E-state index in [4.69, 9.17) is 4.74 Å². The number of phenolic OH excluding ortho intramolecular Hbond substituents is 1. The normalized spacial score (nSPS) is 26.2. The number of ether oxygens (including phenoxy) is 1. The SMILES string of the molecule is CCc1ccc(N2C(=O)[C@H]3[C@H](CC=C4[C@H](c5c(O)cccc5OC)C5=C(C[C@H]43)C(=O)C(C)=CC5=O)C2=O)cc1.